The molecule has 0 N–H and O–H groups in total. The molecule has 0 aliphatic carbocycles. The molecule has 2 aliphatic heterocycles. The van der Waals surface area contributed by atoms with E-state index in [0.717, 1.165) is 25.8 Å². The summed E-state index contributed by atoms with van der Waals surface area (Å²) in [7, 11) is 1.65. The fraction of sp³-hybridized carbons (Fsp3) is 0.846. The van der Waals surface area contributed by atoms with Crippen LogP contribution in [0, 0.1) is 0 Å². The standard InChI is InChI=1S/C13H22N2O3/c1-3-10(9-18-2)14-8-6-12(16)15-7-4-5-11(15)13(14)17/h10-11H,3-9H2,1-2H3. The molecule has 5 nitrogen and oxygen atoms in total. The van der Waals surface area contributed by atoms with Gasteiger partial charge in [0, 0.05) is 26.6 Å². The number of hydrogen-bond acceptors (Lipinski definition) is 3. The number of hydrogen-bond donors (Lipinski definition) is 0. The van der Waals surface area contributed by atoms with Crippen LogP contribution in [0.25, 0.3) is 0 Å². The zero-order valence-electron chi connectivity index (χ0n) is 11.2. The van der Waals surface area contributed by atoms with Gasteiger partial charge in [-0.05, 0) is 19.3 Å². The van der Waals surface area contributed by atoms with Gasteiger partial charge >= 0.3 is 0 Å². The first kappa shape index (κ1) is 13.3. The molecule has 2 unspecified atom stereocenters. The first-order valence-corrected chi connectivity index (χ1v) is 6.78. The van der Waals surface area contributed by atoms with E-state index in [2.05, 4.69) is 6.92 Å². The van der Waals surface area contributed by atoms with E-state index in [-0.39, 0.29) is 23.9 Å². The van der Waals surface area contributed by atoms with E-state index in [9.17, 15) is 9.59 Å². The Morgan fingerprint density at radius 2 is 2.17 bits per heavy atom. The van der Waals surface area contributed by atoms with Crippen molar-refractivity contribution in [2.75, 3.05) is 26.8 Å². The van der Waals surface area contributed by atoms with Crippen molar-refractivity contribution in [2.24, 2.45) is 0 Å². The van der Waals surface area contributed by atoms with Crippen molar-refractivity contribution >= 4 is 11.8 Å². The van der Waals surface area contributed by atoms with Crippen LogP contribution in [0.3, 0.4) is 0 Å². The molecule has 0 saturated carbocycles. The van der Waals surface area contributed by atoms with E-state index >= 15 is 0 Å². The first-order chi connectivity index (χ1) is 8.69. The highest BCUT2D eigenvalue weighted by atomic mass is 16.5. The third kappa shape index (κ3) is 2.36. The molecular weight excluding hydrogens is 232 g/mol. The van der Waals surface area contributed by atoms with Crippen molar-refractivity contribution in [3.8, 4) is 0 Å². The molecule has 0 aromatic rings. The maximum Gasteiger partial charge on any atom is 0.245 e. The van der Waals surface area contributed by atoms with Crippen LogP contribution in [0.4, 0.5) is 0 Å². The van der Waals surface area contributed by atoms with Crippen LogP contribution in [0.2, 0.25) is 0 Å². The lowest BCUT2D eigenvalue weighted by Gasteiger charge is -2.31. The normalized spacial score (nSPS) is 26.2. The number of methoxy groups -OCH3 is 1. The molecule has 2 rings (SSSR count). The topological polar surface area (TPSA) is 49.9 Å². The molecule has 2 fully saturated rings. The van der Waals surface area contributed by atoms with Crippen molar-refractivity contribution < 1.29 is 14.3 Å². The minimum atomic E-state index is -0.217. The van der Waals surface area contributed by atoms with Gasteiger partial charge < -0.3 is 14.5 Å². The van der Waals surface area contributed by atoms with E-state index in [1.165, 1.54) is 0 Å². The van der Waals surface area contributed by atoms with Crippen molar-refractivity contribution in [3.05, 3.63) is 0 Å². The highest BCUT2D eigenvalue weighted by Crippen LogP contribution is 2.25. The van der Waals surface area contributed by atoms with E-state index in [4.69, 9.17) is 4.74 Å². The van der Waals surface area contributed by atoms with Crippen molar-refractivity contribution in [1.29, 1.82) is 0 Å². The number of amides is 2. The summed E-state index contributed by atoms with van der Waals surface area (Å²) in [5, 5.41) is 0. The van der Waals surface area contributed by atoms with Gasteiger partial charge in [0.25, 0.3) is 0 Å². The Morgan fingerprint density at radius 3 is 2.83 bits per heavy atom. The van der Waals surface area contributed by atoms with Crippen LogP contribution < -0.4 is 0 Å². The predicted octanol–water partition coefficient (Wildman–Crippen LogP) is 0.635. The lowest BCUT2D eigenvalue weighted by Crippen LogP contribution is -2.48. The van der Waals surface area contributed by atoms with Crippen LogP contribution in [-0.2, 0) is 14.3 Å². The van der Waals surface area contributed by atoms with Gasteiger partial charge in [-0.25, -0.2) is 0 Å². The fourth-order valence-corrected chi connectivity index (χ4v) is 2.97. The third-order valence-electron chi connectivity index (χ3n) is 3.98. The Bertz CT molecular complexity index is 332. The van der Waals surface area contributed by atoms with Crippen LogP contribution in [0.5, 0.6) is 0 Å². The van der Waals surface area contributed by atoms with Gasteiger partial charge in [0.15, 0.2) is 0 Å². The number of ether oxygens (including phenoxy) is 1. The molecule has 2 atom stereocenters. The molecule has 2 aliphatic rings. The predicted molar refractivity (Wildman–Crippen MR) is 67.0 cm³/mol. The minimum absolute atomic E-state index is 0.0934. The number of nitrogens with zero attached hydrogens (tertiary/aromatic N) is 2. The van der Waals surface area contributed by atoms with Crippen LogP contribution in [0.15, 0.2) is 0 Å². The molecule has 102 valence electrons. The second-order valence-electron chi connectivity index (χ2n) is 5.04. The molecular formula is C13H22N2O3. The van der Waals surface area contributed by atoms with Gasteiger partial charge in [-0.2, -0.15) is 0 Å². The molecule has 5 heteroatoms. The maximum atomic E-state index is 12.5. The highest BCUT2D eigenvalue weighted by molar-refractivity contribution is 5.90. The molecule has 0 aromatic carbocycles. The summed E-state index contributed by atoms with van der Waals surface area (Å²) in [6.07, 6.45) is 3.06. The molecule has 0 aromatic heterocycles. The average Bonchev–Trinajstić information content (AvgIpc) is 2.82. The number of carbonyl (C=O) groups is 2. The second-order valence-corrected chi connectivity index (χ2v) is 5.04. The zero-order valence-corrected chi connectivity index (χ0v) is 11.2. The summed E-state index contributed by atoms with van der Waals surface area (Å²) >= 11 is 0. The Labute approximate surface area is 108 Å². The van der Waals surface area contributed by atoms with Crippen molar-refractivity contribution in [1.82, 2.24) is 9.80 Å². The molecule has 2 heterocycles. The van der Waals surface area contributed by atoms with E-state index in [1.54, 1.807) is 12.0 Å². The number of rotatable bonds is 4. The summed E-state index contributed by atoms with van der Waals surface area (Å²) in [5.41, 5.74) is 0. The number of fused-ring (bicyclic) bond motifs is 1. The van der Waals surface area contributed by atoms with E-state index in [0.29, 0.717) is 19.6 Å². The van der Waals surface area contributed by atoms with E-state index in [1.807, 2.05) is 4.90 Å². The molecule has 2 amide bonds. The van der Waals surface area contributed by atoms with E-state index < -0.39 is 0 Å². The van der Waals surface area contributed by atoms with Gasteiger partial charge in [0.1, 0.15) is 6.04 Å². The smallest absolute Gasteiger partial charge is 0.245 e. The zero-order chi connectivity index (χ0) is 13.1. The Hall–Kier alpha value is -1.10. The van der Waals surface area contributed by atoms with Gasteiger partial charge in [0.05, 0.1) is 12.6 Å². The summed E-state index contributed by atoms with van der Waals surface area (Å²) in [5.74, 6) is 0.239. The molecule has 0 spiro atoms. The van der Waals surface area contributed by atoms with Crippen LogP contribution in [-0.4, -0.2) is 60.5 Å². The molecule has 2 saturated heterocycles. The van der Waals surface area contributed by atoms with Gasteiger partial charge in [0.2, 0.25) is 11.8 Å². The fourth-order valence-electron chi connectivity index (χ4n) is 2.97. The lowest BCUT2D eigenvalue weighted by atomic mass is 10.1. The Kier molecular flexibility index (Phi) is 4.22. The summed E-state index contributed by atoms with van der Waals surface area (Å²) < 4.78 is 5.18. The van der Waals surface area contributed by atoms with Gasteiger partial charge in [-0.1, -0.05) is 6.92 Å². The molecule has 0 bridgehead atoms. The SMILES string of the molecule is CCC(COC)N1CCC(=O)N2CCCC2C1=O. The minimum Gasteiger partial charge on any atom is -0.383 e. The van der Waals surface area contributed by atoms with Gasteiger partial charge in [-0.3, -0.25) is 9.59 Å². The maximum absolute atomic E-state index is 12.5. The highest BCUT2D eigenvalue weighted by Gasteiger charge is 2.40. The molecule has 0 radical (unpaired) electrons. The average molecular weight is 254 g/mol. The monoisotopic (exact) mass is 254 g/mol. The largest absolute Gasteiger partial charge is 0.383 e. The summed E-state index contributed by atoms with van der Waals surface area (Å²) in [6.45, 7) is 3.87. The Morgan fingerprint density at radius 1 is 1.39 bits per heavy atom. The van der Waals surface area contributed by atoms with Crippen LogP contribution >= 0.6 is 0 Å². The summed E-state index contributed by atoms with van der Waals surface area (Å²) in [4.78, 5) is 28.1. The number of carbonyl (C=O) groups excluding carboxylic acids is 2. The lowest BCUT2D eigenvalue weighted by molar-refractivity contribution is -0.141. The second kappa shape index (κ2) is 5.69. The quantitative estimate of drug-likeness (QED) is 0.739. The molecule has 18 heavy (non-hydrogen) atoms. The summed E-state index contributed by atoms with van der Waals surface area (Å²) in [6, 6.07) is -0.123. The first-order valence-electron chi connectivity index (χ1n) is 6.78. The van der Waals surface area contributed by atoms with Crippen molar-refractivity contribution in [3.63, 3.8) is 0 Å². The third-order valence-corrected chi connectivity index (χ3v) is 3.98. The van der Waals surface area contributed by atoms with Gasteiger partial charge in [-0.15, -0.1) is 0 Å². The van der Waals surface area contributed by atoms with Crippen molar-refractivity contribution in [2.45, 2.75) is 44.7 Å². The van der Waals surface area contributed by atoms with Crippen LogP contribution in [0.1, 0.15) is 32.6 Å². The Balaban J connectivity index is 2.16.